The Morgan fingerprint density at radius 3 is 2.67 bits per heavy atom. The predicted octanol–water partition coefficient (Wildman–Crippen LogP) is -3.12. The van der Waals surface area contributed by atoms with Crippen molar-refractivity contribution in [1.29, 1.82) is 0 Å². The van der Waals surface area contributed by atoms with Crippen LogP contribution in [0.1, 0.15) is 1.43 Å². The standard InChI is InChI=1S/C4H7ClO3.Na.H/c5-3-4(7)8-2-1-6;;/h6H,1-3H2;;/q;+1;-1. The second-order valence-corrected chi connectivity index (χ2v) is 1.34. The number of hydrogen-bond donors (Lipinski definition) is 1. The number of halogens is 1. The predicted molar refractivity (Wildman–Crippen MR) is 29.9 cm³/mol. The van der Waals surface area contributed by atoms with Crippen LogP contribution in [0.25, 0.3) is 0 Å². The molecule has 0 unspecified atom stereocenters. The zero-order chi connectivity index (χ0) is 6.41. The van der Waals surface area contributed by atoms with E-state index in [0.29, 0.717) is 0 Å². The van der Waals surface area contributed by atoms with Crippen molar-refractivity contribution in [2.45, 2.75) is 0 Å². The zero-order valence-corrected chi connectivity index (χ0v) is 8.02. The van der Waals surface area contributed by atoms with Crippen LogP contribution in [-0.4, -0.2) is 30.2 Å². The molecule has 0 heterocycles. The van der Waals surface area contributed by atoms with Crippen LogP contribution in [-0.2, 0) is 9.53 Å². The number of carbonyl (C=O) groups is 1. The average Bonchev–Trinajstić information content (AvgIpc) is 1.83. The Morgan fingerprint density at radius 1 is 1.78 bits per heavy atom. The molecule has 0 saturated heterocycles. The van der Waals surface area contributed by atoms with Gasteiger partial charge in [0.15, 0.2) is 0 Å². The fourth-order valence-electron chi connectivity index (χ4n) is 0.198. The average molecular weight is 163 g/mol. The zero-order valence-electron chi connectivity index (χ0n) is 6.26. The molecule has 0 amide bonds. The SMILES string of the molecule is O=C(CCl)OCCO.[H-].[Na+]. The fourth-order valence-corrected chi connectivity index (χ4v) is 0.275. The van der Waals surface area contributed by atoms with Crippen LogP contribution in [0.3, 0.4) is 0 Å². The Balaban J connectivity index is -0.000000245. The van der Waals surface area contributed by atoms with Crippen molar-refractivity contribution in [2.75, 3.05) is 19.1 Å². The first-order valence-corrected chi connectivity index (χ1v) is 2.67. The Hall–Kier alpha value is 0.720. The molecule has 9 heavy (non-hydrogen) atoms. The summed E-state index contributed by atoms with van der Waals surface area (Å²) in [4.78, 5) is 10.1. The van der Waals surface area contributed by atoms with Gasteiger partial charge < -0.3 is 11.3 Å². The van der Waals surface area contributed by atoms with Gasteiger partial charge in [0.25, 0.3) is 0 Å². The van der Waals surface area contributed by atoms with Gasteiger partial charge in [0.05, 0.1) is 6.61 Å². The van der Waals surface area contributed by atoms with Gasteiger partial charge in [-0.2, -0.15) is 0 Å². The Kier molecular flexibility index (Phi) is 12.0. The van der Waals surface area contributed by atoms with Crippen LogP contribution >= 0.6 is 11.6 Å². The van der Waals surface area contributed by atoms with Gasteiger partial charge in [-0.15, -0.1) is 11.6 Å². The van der Waals surface area contributed by atoms with E-state index >= 15 is 0 Å². The van der Waals surface area contributed by atoms with Gasteiger partial charge in [-0.3, -0.25) is 4.79 Å². The smallest absolute Gasteiger partial charge is 1.00 e. The van der Waals surface area contributed by atoms with E-state index in [0.717, 1.165) is 0 Å². The molecule has 0 radical (unpaired) electrons. The molecular formula is C4H8ClNaO3. The number of alkyl halides is 1. The summed E-state index contributed by atoms with van der Waals surface area (Å²) < 4.78 is 4.32. The first-order valence-electron chi connectivity index (χ1n) is 2.13. The van der Waals surface area contributed by atoms with E-state index in [1.54, 1.807) is 0 Å². The van der Waals surface area contributed by atoms with Gasteiger partial charge >= 0.3 is 35.5 Å². The molecule has 0 fully saturated rings. The Morgan fingerprint density at radius 2 is 2.33 bits per heavy atom. The molecule has 0 aliphatic heterocycles. The van der Waals surface area contributed by atoms with Gasteiger partial charge in [-0.05, 0) is 0 Å². The maximum absolute atomic E-state index is 10.1. The Bertz CT molecular complexity index is 82.9. The number of esters is 1. The molecule has 0 aliphatic carbocycles. The molecule has 0 atom stereocenters. The van der Waals surface area contributed by atoms with Crippen LogP contribution in [0, 0.1) is 0 Å². The molecule has 0 bridgehead atoms. The Labute approximate surface area is 82.1 Å². The third-order valence-electron chi connectivity index (χ3n) is 0.463. The molecule has 0 rings (SSSR count). The first-order chi connectivity index (χ1) is 3.81. The number of aliphatic hydroxyl groups is 1. The van der Waals surface area contributed by atoms with Crippen LogP contribution in [0.2, 0.25) is 0 Å². The second kappa shape index (κ2) is 8.72. The summed E-state index contributed by atoms with van der Waals surface area (Å²) in [6, 6.07) is 0. The van der Waals surface area contributed by atoms with Gasteiger partial charge in [0.2, 0.25) is 0 Å². The summed E-state index contributed by atoms with van der Waals surface area (Å²) in [7, 11) is 0. The molecule has 1 N–H and O–H groups in total. The number of carbonyl (C=O) groups excluding carboxylic acids is 1. The van der Waals surface area contributed by atoms with Crippen molar-refractivity contribution < 1.29 is 45.6 Å². The van der Waals surface area contributed by atoms with E-state index in [1.807, 2.05) is 0 Å². The summed E-state index contributed by atoms with van der Waals surface area (Å²) in [5.74, 6) is -0.652. The molecule has 0 spiro atoms. The minimum Gasteiger partial charge on any atom is -1.00 e. The second-order valence-electron chi connectivity index (χ2n) is 1.08. The quantitative estimate of drug-likeness (QED) is 0.271. The van der Waals surface area contributed by atoms with Crippen molar-refractivity contribution >= 4 is 17.6 Å². The topological polar surface area (TPSA) is 46.5 Å². The third kappa shape index (κ3) is 8.72. The minimum atomic E-state index is -0.499. The van der Waals surface area contributed by atoms with Crippen LogP contribution in [0.4, 0.5) is 0 Å². The summed E-state index contributed by atoms with van der Waals surface area (Å²) in [6.45, 7) is -0.117. The van der Waals surface area contributed by atoms with E-state index in [2.05, 4.69) is 4.74 Å². The van der Waals surface area contributed by atoms with Gasteiger partial charge in [-0.1, -0.05) is 0 Å². The molecule has 0 aliphatic rings. The summed E-state index contributed by atoms with van der Waals surface area (Å²) in [5, 5.41) is 8.09. The summed E-state index contributed by atoms with van der Waals surface area (Å²) in [5.41, 5.74) is 0. The molecule has 0 aromatic carbocycles. The van der Waals surface area contributed by atoms with Crippen molar-refractivity contribution in [3.63, 3.8) is 0 Å². The van der Waals surface area contributed by atoms with Crippen LogP contribution in [0.15, 0.2) is 0 Å². The fraction of sp³-hybridized carbons (Fsp3) is 0.750. The van der Waals surface area contributed by atoms with E-state index in [-0.39, 0.29) is 50.1 Å². The maximum Gasteiger partial charge on any atom is 1.00 e. The van der Waals surface area contributed by atoms with Crippen molar-refractivity contribution in [1.82, 2.24) is 0 Å². The maximum atomic E-state index is 10.1. The summed E-state index contributed by atoms with van der Waals surface area (Å²) >= 11 is 5.03. The van der Waals surface area contributed by atoms with Crippen molar-refractivity contribution in [3.8, 4) is 0 Å². The van der Waals surface area contributed by atoms with E-state index in [1.165, 1.54) is 0 Å². The number of hydrogen-bond acceptors (Lipinski definition) is 3. The summed E-state index contributed by atoms with van der Waals surface area (Å²) in [6.07, 6.45) is 0. The van der Waals surface area contributed by atoms with Crippen molar-refractivity contribution in [2.24, 2.45) is 0 Å². The number of ether oxygens (including phenoxy) is 1. The molecule has 5 heteroatoms. The monoisotopic (exact) mass is 162 g/mol. The third-order valence-corrected chi connectivity index (χ3v) is 0.682. The number of aliphatic hydroxyl groups excluding tert-OH is 1. The van der Waals surface area contributed by atoms with E-state index < -0.39 is 5.97 Å². The normalized spacial score (nSPS) is 7.78. The molecule has 0 aromatic rings. The van der Waals surface area contributed by atoms with Crippen LogP contribution in [0.5, 0.6) is 0 Å². The van der Waals surface area contributed by atoms with E-state index in [9.17, 15) is 4.79 Å². The number of rotatable bonds is 3. The first kappa shape index (κ1) is 12.4. The molecule has 0 aromatic heterocycles. The molecule has 3 nitrogen and oxygen atoms in total. The van der Waals surface area contributed by atoms with E-state index in [4.69, 9.17) is 16.7 Å². The largest absolute Gasteiger partial charge is 1.00 e. The molecule has 0 saturated carbocycles. The van der Waals surface area contributed by atoms with Gasteiger partial charge in [0, 0.05) is 0 Å². The molecule has 50 valence electrons. The van der Waals surface area contributed by atoms with Crippen molar-refractivity contribution in [3.05, 3.63) is 0 Å². The van der Waals surface area contributed by atoms with Gasteiger partial charge in [0.1, 0.15) is 12.5 Å². The minimum absolute atomic E-state index is 0. The van der Waals surface area contributed by atoms with Crippen LogP contribution < -0.4 is 29.6 Å². The molecular weight excluding hydrogens is 154 g/mol. The van der Waals surface area contributed by atoms with Gasteiger partial charge in [-0.25, -0.2) is 0 Å².